The van der Waals surface area contributed by atoms with Gasteiger partial charge >= 0.3 is 0 Å². The second-order valence-corrected chi connectivity index (χ2v) is 2.49. The van der Waals surface area contributed by atoms with E-state index in [0.717, 1.165) is 0 Å². The van der Waals surface area contributed by atoms with Gasteiger partial charge in [-0.05, 0) is 24.5 Å². The Morgan fingerprint density at radius 1 is 0.786 bits per heavy atom. The molecule has 0 saturated carbocycles. The molecule has 4 heteroatoms. The van der Waals surface area contributed by atoms with Crippen LogP contribution in [0.3, 0.4) is 0 Å². The van der Waals surface area contributed by atoms with Gasteiger partial charge in [-0.2, -0.15) is 0 Å². The molecule has 3 nitrogen and oxygen atoms in total. The predicted octanol–water partition coefficient (Wildman–Crippen LogP) is 2.81. The maximum absolute atomic E-state index is 4.22. The van der Waals surface area contributed by atoms with Gasteiger partial charge in [0.25, 0.3) is 0 Å². The zero-order chi connectivity index (χ0) is 8.93. The van der Waals surface area contributed by atoms with Gasteiger partial charge in [-0.1, -0.05) is 24.3 Å². The molecule has 0 saturated heterocycles. The second kappa shape index (κ2) is 5.50. The van der Waals surface area contributed by atoms with E-state index in [-0.39, 0.29) is 21.1 Å². The van der Waals surface area contributed by atoms with Crippen molar-refractivity contribution >= 4 is 11.6 Å². The smallest absolute Gasteiger partial charge is 0.00952 e. The maximum Gasteiger partial charge on any atom is 0.00952 e. The van der Waals surface area contributed by atoms with E-state index in [1.165, 1.54) is 0 Å². The molecule has 0 spiro atoms. The van der Waals surface area contributed by atoms with Crippen LogP contribution in [0.2, 0.25) is 0 Å². The summed E-state index contributed by atoms with van der Waals surface area (Å²) in [4.78, 5) is 8.13. The van der Waals surface area contributed by atoms with Gasteiger partial charge in [0.05, 0.1) is 0 Å². The molecule has 0 radical (unpaired) electrons. The molecule has 0 aromatic carbocycles. The Morgan fingerprint density at radius 3 is 1.64 bits per heavy atom. The third-order valence-electron chi connectivity index (χ3n) is 1.53. The van der Waals surface area contributed by atoms with Gasteiger partial charge in [0.2, 0.25) is 0 Å². The fourth-order valence-corrected chi connectivity index (χ4v) is 0.957. The van der Waals surface area contributed by atoms with Crippen LogP contribution in [0.25, 0.3) is 5.32 Å². The van der Waals surface area contributed by atoms with E-state index < -0.39 is 0 Å². The molecule has 0 unspecified atom stereocenters. The average Bonchev–Trinajstić information content (AvgIpc) is 2.21. The van der Waals surface area contributed by atoms with Crippen LogP contribution in [-0.2, 0) is 21.1 Å². The van der Waals surface area contributed by atoms with Gasteiger partial charge in [-0.3, -0.25) is 0 Å². The molecule has 2 aromatic rings. The molecule has 2 rings (SSSR count). The van der Waals surface area contributed by atoms with E-state index in [2.05, 4.69) is 15.3 Å². The van der Waals surface area contributed by atoms with Crippen LogP contribution in [0.1, 0.15) is 0 Å². The minimum Gasteiger partial charge on any atom is -0.369 e. The molecule has 14 heavy (non-hydrogen) atoms. The summed E-state index contributed by atoms with van der Waals surface area (Å²) >= 11 is 0. The molecule has 0 atom stereocenters. The Morgan fingerprint density at radius 2 is 1.29 bits per heavy atom. The number of hydrogen-bond donors (Lipinski definition) is 0. The molecule has 2 heterocycles. The molecule has 0 N–H and O–H groups in total. The topological polar surface area (TPSA) is 39.9 Å². The largest absolute Gasteiger partial charge is 0.369 e. The van der Waals surface area contributed by atoms with Crippen LogP contribution in [0.5, 0.6) is 0 Å². The zero-order valence-corrected chi connectivity index (χ0v) is 9.55. The molecule has 0 aliphatic carbocycles. The molecular weight excluding hydrogens is 357 g/mol. The Labute approximate surface area is 96.9 Å². The minimum atomic E-state index is 0. The normalized spacial score (nSPS) is 8.86. The molecular formula is C10H8N3Pt-. The van der Waals surface area contributed by atoms with Crippen molar-refractivity contribution in [2.45, 2.75) is 0 Å². The summed E-state index contributed by atoms with van der Waals surface area (Å²) in [6, 6.07) is 11.2. The summed E-state index contributed by atoms with van der Waals surface area (Å²) in [5.41, 5.74) is 0. The summed E-state index contributed by atoms with van der Waals surface area (Å²) in [5, 5.41) is 4.22. The first-order valence-corrected chi connectivity index (χ1v) is 3.99. The number of rotatable bonds is 2. The van der Waals surface area contributed by atoms with Crippen LogP contribution in [0.15, 0.2) is 48.8 Å². The SMILES string of the molecule is [Pt].c1ccc([N-]c2ccccn2)nc1. The van der Waals surface area contributed by atoms with Gasteiger partial charge in [0, 0.05) is 32.7 Å². The van der Waals surface area contributed by atoms with E-state index in [0.29, 0.717) is 11.6 Å². The zero-order valence-electron chi connectivity index (χ0n) is 7.28. The number of hydrogen-bond acceptors (Lipinski definition) is 2. The van der Waals surface area contributed by atoms with Crippen molar-refractivity contribution in [1.82, 2.24) is 9.97 Å². The van der Waals surface area contributed by atoms with Crippen LogP contribution in [0, 0.1) is 0 Å². The summed E-state index contributed by atoms with van der Waals surface area (Å²) in [7, 11) is 0. The van der Waals surface area contributed by atoms with Gasteiger partial charge in [0.1, 0.15) is 0 Å². The molecule has 0 aliphatic rings. The van der Waals surface area contributed by atoms with E-state index in [4.69, 9.17) is 0 Å². The standard InChI is InChI=1S/C10H8N3.Pt/c1-3-7-11-9(5-1)13-10-6-2-4-8-12-10;/h1-8H;/q-1;. The first kappa shape index (κ1) is 10.9. The van der Waals surface area contributed by atoms with E-state index in [9.17, 15) is 0 Å². The Hall–Kier alpha value is -1.21. The van der Waals surface area contributed by atoms with Crippen molar-refractivity contribution in [3.05, 3.63) is 54.1 Å². The Bertz CT molecular complexity index is 326. The second-order valence-electron chi connectivity index (χ2n) is 2.49. The van der Waals surface area contributed by atoms with Gasteiger partial charge in [-0.25, -0.2) is 0 Å². The number of nitrogens with zero attached hydrogens (tertiary/aromatic N) is 3. The van der Waals surface area contributed by atoms with Gasteiger partial charge < -0.3 is 15.3 Å². The summed E-state index contributed by atoms with van der Waals surface area (Å²) in [5.74, 6) is 1.36. The van der Waals surface area contributed by atoms with Crippen LogP contribution >= 0.6 is 0 Å². The quantitative estimate of drug-likeness (QED) is 0.821. The van der Waals surface area contributed by atoms with E-state index in [1.54, 1.807) is 12.4 Å². The molecule has 0 fully saturated rings. The van der Waals surface area contributed by atoms with Crippen LogP contribution in [-0.4, -0.2) is 9.97 Å². The fourth-order valence-electron chi connectivity index (χ4n) is 0.957. The molecule has 0 bridgehead atoms. The van der Waals surface area contributed by atoms with Crippen molar-refractivity contribution < 1.29 is 21.1 Å². The third-order valence-corrected chi connectivity index (χ3v) is 1.53. The first-order valence-electron chi connectivity index (χ1n) is 3.99. The number of aromatic nitrogens is 2. The van der Waals surface area contributed by atoms with Crippen LogP contribution < -0.4 is 0 Å². The predicted molar refractivity (Wildman–Crippen MR) is 51.2 cm³/mol. The average molecular weight is 365 g/mol. The van der Waals surface area contributed by atoms with Crippen molar-refractivity contribution in [2.24, 2.45) is 0 Å². The monoisotopic (exact) mass is 365 g/mol. The van der Waals surface area contributed by atoms with Gasteiger partial charge in [-0.15, -0.1) is 0 Å². The summed E-state index contributed by atoms with van der Waals surface area (Å²) in [6.45, 7) is 0. The first-order chi connectivity index (χ1) is 6.45. The molecule has 0 aliphatic heterocycles. The van der Waals surface area contributed by atoms with E-state index >= 15 is 0 Å². The third kappa shape index (κ3) is 2.93. The van der Waals surface area contributed by atoms with Gasteiger partial charge in [0.15, 0.2) is 0 Å². The summed E-state index contributed by atoms with van der Waals surface area (Å²) < 4.78 is 0. The Kier molecular flexibility index (Phi) is 4.27. The fraction of sp³-hybridized carbons (Fsp3) is 0. The van der Waals surface area contributed by atoms with Crippen molar-refractivity contribution in [1.29, 1.82) is 0 Å². The maximum atomic E-state index is 4.22. The molecule has 2 aromatic heterocycles. The summed E-state index contributed by atoms with van der Waals surface area (Å²) in [6.07, 6.45) is 3.42. The van der Waals surface area contributed by atoms with Crippen molar-refractivity contribution in [2.75, 3.05) is 0 Å². The van der Waals surface area contributed by atoms with Crippen molar-refractivity contribution in [3.8, 4) is 0 Å². The molecule has 74 valence electrons. The Balaban J connectivity index is 0.000000980. The van der Waals surface area contributed by atoms with Crippen molar-refractivity contribution in [3.63, 3.8) is 0 Å². The van der Waals surface area contributed by atoms with Crippen LogP contribution in [0.4, 0.5) is 11.6 Å². The number of pyridine rings is 2. The van der Waals surface area contributed by atoms with E-state index in [1.807, 2.05) is 36.4 Å². The molecule has 0 amide bonds. The minimum absolute atomic E-state index is 0.